The van der Waals surface area contributed by atoms with E-state index in [4.69, 9.17) is 5.73 Å². The summed E-state index contributed by atoms with van der Waals surface area (Å²) in [6, 6.07) is 0. The van der Waals surface area contributed by atoms with Crippen LogP contribution in [0, 0.1) is 0 Å². The molecule has 0 bridgehead atoms. The van der Waals surface area contributed by atoms with E-state index < -0.39 is 5.92 Å². The molecule has 0 saturated heterocycles. The zero-order valence-corrected chi connectivity index (χ0v) is 7.27. The molecule has 0 aromatic rings. The number of hydrogen-bond donors (Lipinski definition) is 1. The molecule has 68 valence electrons. The second kappa shape index (κ2) is 4.04. The first-order valence-corrected chi connectivity index (χ1v) is 3.52. The summed E-state index contributed by atoms with van der Waals surface area (Å²) in [5, 5.41) is 0. The monoisotopic (exact) mass is 173 g/mol. The number of nitrogens with two attached hydrogens (primary N) is 1. The predicted molar refractivity (Wildman–Crippen MR) is 46.8 cm³/mol. The van der Waals surface area contributed by atoms with Crippen LogP contribution < -0.4 is 5.73 Å². The molecule has 2 N–H and O–H groups in total. The number of hydrogen-bond acceptors (Lipinski definition) is 1. The Morgan fingerprint density at radius 2 is 2.00 bits per heavy atom. The Morgan fingerprint density at radius 3 is 2.25 bits per heavy atom. The molecule has 0 aliphatic rings. The van der Waals surface area contributed by atoms with Gasteiger partial charge in [0.2, 0.25) is 0 Å². The van der Waals surface area contributed by atoms with E-state index >= 15 is 0 Å². The van der Waals surface area contributed by atoms with Crippen LogP contribution in [0.4, 0.5) is 8.78 Å². The van der Waals surface area contributed by atoms with E-state index in [1.54, 1.807) is 6.92 Å². The SMILES string of the molecule is C=C/C=C(\C=C(/C)N)C(C)(F)F. The van der Waals surface area contributed by atoms with Gasteiger partial charge < -0.3 is 5.73 Å². The quantitative estimate of drug-likeness (QED) is 0.652. The minimum Gasteiger partial charge on any atom is -0.402 e. The average molecular weight is 173 g/mol. The molecule has 0 heterocycles. The van der Waals surface area contributed by atoms with Crippen molar-refractivity contribution < 1.29 is 8.78 Å². The van der Waals surface area contributed by atoms with Crippen LogP contribution in [0.25, 0.3) is 0 Å². The van der Waals surface area contributed by atoms with Crippen LogP contribution in [0.5, 0.6) is 0 Å². The smallest absolute Gasteiger partial charge is 0.270 e. The molecular weight excluding hydrogens is 160 g/mol. The Kier molecular flexibility index (Phi) is 3.67. The summed E-state index contributed by atoms with van der Waals surface area (Å²) in [6.45, 7) is 5.72. The summed E-state index contributed by atoms with van der Waals surface area (Å²) >= 11 is 0. The van der Waals surface area contributed by atoms with Gasteiger partial charge in [-0.25, -0.2) is 8.78 Å². The standard InChI is InChI=1S/C9H13F2N/c1-4-5-8(6-7(2)12)9(3,10)11/h4-6H,1,12H2,2-3H3/b7-6+,8-5+. The molecule has 0 aliphatic carbocycles. The van der Waals surface area contributed by atoms with Gasteiger partial charge in [-0.2, -0.15) is 0 Å². The molecule has 0 aromatic carbocycles. The molecule has 0 atom stereocenters. The maximum absolute atomic E-state index is 12.7. The van der Waals surface area contributed by atoms with Gasteiger partial charge in [0.25, 0.3) is 5.92 Å². The summed E-state index contributed by atoms with van der Waals surface area (Å²) < 4.78 is 25.4. The third-order valence-electron chi connectivity index (χ3n) is 1.19. The fourth-order valence-corrected chi connectivity index (χ4v) is 0.693. The first-order valence-electron chi connectivity index (χ1n) is 3.52. The van der Waals surface area contributed by atoms with Gasteiger partial charge in [0.1, 0.15) is 0 Å². The van der Waals surface area contributed by atoms with Crippen molar-refractivity contribution >= 4 is 0 Å². The molecule has 0 aromatic heterocycles. The first-order chi connectivity index (χ1) is 5.38. The van der Waals surface area contributed by atoms with Crippen molar-refractivity contribution in [1.29, 1.82) is 0 Å². The Hall–Kier alpha value is -1.12. The van der Waals surface area contributed by atoms with E-state index in [1.165, 1.54) is 18.2 Å². The van der Waals surface area contributed by atoms with Gasteiger partial charge in [0.05, 0.1) is 0 Å². The summed E-state index contributed by atoms with van der Waals surface area (Å²) in [5.74, 6) is -2.87. The van der Waals surface area contributed by atoms with Crippen molar-refractivity contribution in [2.24, 2.45) is 5.73 Å². The van der Waals surface area contributed by atoms with Crippen molar-refractivity contribution in [2.45, 2.75) is 19.8 Å². The molecule has 1 nitrogen and oxygen atoms in total. The Balaban J connectivity index is 4.82. The summed E-state index contributed by atoms with van der Waals surface area (Å²) in [5.41, 5.74) is 5.50. The van der Waals surface area contributed by atoms with Crippen LogP contribution in [0.1, 0.15) is 13.8 Å². The van der Waals surface area contributed by atoms with Crippen molar-refractivity contribution in [3.63, 3.8) is 0 Å². The maximum Gasteiger partial charge on any atom is 0.270 e. The van der Waals surface area contributed by atoms with Gasteiger partial charge in [0.15, 0.2) is 0 Å². The van der Waals surface area contributed by atoms with E-state index in [2.05, 4.69) is 6.58 Å². The Labute approximate surface area is 71.3 Å². The van der Waals surface area contributed by atoms with Gasteiger partial charge in [-0.15, -0.1) is 0 Å². The van der Waals surface area contributed by atoms with E-state index in [-0.39, 0.29) is 5.57 Å². The van der Waals surface area contributed by atoms with Crippen LogP contribution in [-0.2, 0) is 0 Å². The normalized spacial score (nSPS) is 14.7. The lowest BCUT2D eigenvalue weighted by atomic mass is 10.1. The second-order valence-electron chi connectivity index (χ2n) is 2.63. The zero-order valence-electron chi connectivity index (χ0n) is 7.27. The van der Waals surface area contributed by atoms with Crippen molar-refractivity contribution in [2.75, 3.05) is 0 Å². The summed E-state index contributed by atoms with van der Waals surface area (Å²) in [4.78, 5) is 0. The van der Waals surface area contributed by atoms with Crippen LogP contribution in [0.2, 0.25) is 0 Å². The van der Waals surface area contributed by atoms with Crippen LogP contribution in [0.15, 0.2) is 36.1 Å². The Morgan fingerprint density at radius 1 is 1.50 bits per heavy atom. The molecule has 12 heavy (non-hydrogen) atoms. The van der Waals surface area contributed by atoms with Gasteiger partial charge in [0, 0.05) is 18.2 Å². The largest absolute Gasteiger partial charge is 0.402 e. The van der Waals surface area contributed by atoms with Crippen molar-refractivity contribution in [3.8, 4) is 0 Å². The predicted octanol–water partition coefficient (Wildman–Crippen LogP) is 2.62. The molecular formula is C9H13F2N. The van der Waals surface area contributed by atoms with Crippen LogP contribution in [0.3, 0.4) is 0 Å². The topological polar surface area (TPSA) is 26.0 Å². The van der Waals surface area contributed by atoms with Gasteiger partial charge in [-0.1, -0.05) is 18.7 Å². The highest BCUT2D eigenvalue weighted by atomic mass is 19.3. The lowest BCUT2D eigenvalue weighted by Gasteiger charge is -2.11. The van der Waals surface area contributed by atoms with Crippen LogP contribution >= 0.6 is 0 Å². The lowest BCUT2D eigenvalue weighted by molar-refractivity contribution is 0.0674. The molecule has 0 spiro atoms. The van der Waals surface area contributed by atoms with Crippen molar-refractivity contribution in [3.05, 3.63) is 36.1 Å². The van der Waals surface area contributed by atoms with Gasteiger partial charge in [-0.3, -0.25) is 0 Å². The number of allylic oxidation sites excluding steroid dienone is 5. The highest BCUT2D eigenvalue weighted by molar-refractivity contribution is 5.30. The number of halogens is 2. The second-order valence-corrected chi connectivity index (χ2v) is 2.63. The van der Waals surface area contributed by atoms with Gasteiger partial charge >= 0.3 is 0 Å². The zero-order chi connectivity index (χ0) is 9.78. The minimum absolute atomic E-state index is 0.127. The third kappa shape index (κ3) is 3.91. The van der Waals surface area contributed by atoms with E-state index in [0.717, 1.165) is 6.92 Å². The van der Waals surface area contributed by atoms with Gasteiger partial charge in [-0.05, 0) is 13.0 Å². The first kappa shape index (κ1) is 10.9. The fourth-order valence-electron chi connectivity index (χ4n) is 0.693. The number of alkyl halides is 2. The molecule has 0 unspecified atom stereocenters. The van der Waals surface area contributed by atoms with Crippen LogP contribution in [-0.4, -0.2) is 5.92 Å². The molecule has 0 amide bonds. The Bertz CT molecular complexity index is 217. The highest BCUT2D eigenvalue weighted by Gasteiger charge is 2.24. The van der Waals surface area contributed by atoms with Crippen molar-refractivity contribution in [1.82, 2.24) is 0 Å². The summed E-state index contributed by atoms with van der Waals surface area (Å²) in [7, 11) is 0. The number of rotatable bonds is 3. The van der Waals surface area contributed by atoms with E-state index in [1.807, 2.05) is 0 Å². The minimum atomic E-state index is -2.87. The lowest BCUT2D eigenvalue weighted by Crippen LogP contribution is -2.13. The molecule has 0 aliphatic heterocycles. The van der Waals surface area contributed by atoms with E-state index in [9.17, 15) is 8.78 Å². The molecule has 3 heteroatoms. The molecule has 0 rings (SSSR count). The van der Waals surface area contributed by atoms with E-state index in [0.29, 0.717) is 5.70 Å². The third-order valence-corrected chi connectivity index (χ3v) is 1.19. The highest BCUT2D eigenvalue weighted by Crippen LogP contribution is 2.24. The fraction of sp³-hybridized carbons (Fsp3) is 0.333. The molecule has 0 radical (unpaired) electrons. The maximum atomic E-state index is 12.7. The molecule has 0 fully saturated rings. The summed E-state index contributed by atoms with van der Waals surface area (Å²) in [6.07, 6.45) is 3.80. The molecule has 0 saturated carbocycles. The average Bonchev–Trinajstić information content (AvgIpc) is 1.83.